The quantitative estimate of drug-likeness (QED) is 0.507. The van der Waals surface area contributed by atoms with Gasteiger partial charge in [0.05, 0.1) is 11.6 Å². The number of aromatic nitrogens is 3. The number of hydrogen-bond donors (Lipinski definition) is 0. The molecule has 6 rings (SSSR count). The van der Waals surface area contributed by atoms with Crippen LogP contribution in [0.15, 0.2) is 85.6 Å². The maximum absolute atomic E-state index is 4.95. The summed E-state index contributed by atoms with van der Waals surface area (Å²) >= 11 is 0. The van der Waals surface area contributed by atoms with Gasteiger partial charge in [-0.3, -0.25) is 4.98 Å². The van der Waals surface area contributed by atoms with Crippen LogP contribution in [-0.4, -0.2) is 25.9 Å². The van der Waals surface area contributed by atoms with Gasteiger partial charge in [0.1, 0.15) is 6.33 Å². The molecule has 1 fully saturated rings. The molecule has 4 aromatic rings. The zero-order valence-corrected chi connectivity index (χ0v) is 15.9. The van der Waals surface area contributed by atoms with Gasteiger partial charge in [0.25, 0.3) is 0 Å². The fourth-order valence-corrected chi connectivity index (χ4v) is 4.55. The smallest absolute Gasteiger partial charge is 0.115 e. The van der Waals surface area contributed by atoms with E-state index in [1.54, 1.807) is 6.33 Å². The molecule has 0 amide bonds. The highest BCUT2D eigenvalue weighted by molar-refractivity contribution is 5.78. The summed E-state index contributed by atoms with van der Waals surface area (Å²) in [5, 5.41) is 1.19. The first kappa shape index (κ1) is 16.4. The second-order valence-corrected chi connectivity index (χ2v) is 7.80. The number of pyridine rings is 1. The number of hydrogen-bond acceptors (Lipinski definition) is 4. The van der Waals surface area contributed by atoms with Crippen molar-refractivity contribution in [3.05, 3.63) is 108 Å². The molecule has 2 aromatic heterocycles. The van der Waals surface area contributed by atoms with E-state index in [1.807, 2.05) is 12.4 Å². The second-order valence-electron chi connectivity index (χ2n) is 7.80. The Balaban J connectivity index is 1.37. The summed E-state index contributed by atoms with van der Waals surface area (Å²) in [5.41, 5.74) is 5.95. The molecule has 3 unspecified atom stereocenters. The monoisotopic (exact) mass is 376 g/mol. The van der Waals surface area contributed by atoms with Crippen molar-refractivity contribution in [2.45, 2.75) is 24.4 Å². The molecule has 2 aliphatic rings. The van der Waals surface area contributed by atoms with Gasteiger partial charge in [-0.15, -0.1) is 0 Å². The highest BCUT2D eigenvalue weighted by atomic mass is 15.2. The first-order valence-electron chi connectivity index (χ1n) is 10.0. The summed E-state index contributed by atoms with van der Waals surface area (Å²) in [6, 6.07) is 21.9. The Kier molecular flexibility index (Phi) is 3.69. The summed E-state index contributed by atoms with van der Waals surface area (Å²) in [5.74, 6) is 0.446. The third kappa shape index (κ3) is 2.80. The maximum Gasteiger partial charge on any atom is 0.115 e. The van der Waals surface area contributed by atoms with Crippen LogP contribution in [0.5, 0.6) is 0 Å². The van der Waals surface area contributed by atoms with Gasteiger partial charge in [-0.2, -0.15) is 0 Å². The number of fused-ring (bicyclic) bond motifs is 2. The maximum atomic E-state index is 4.95. The predicted molar refractivity (Wildman–Crippen MR) is 114 cm³/mol. The minimum atomic E-state index is 0.132. The standard InChI is InChI=1S/C25H20N4/c1-3-7-20-17(5-1)11-12-29(25(20)19-14-26-16-27-15-19)24-13-21(24)23-10-9-18-6-2-4-8-22(18)28-23/h1-12,14-16,21,24-25H,13H2. The van der Waals surface area contributed by atoms with E-state index in [9.17, 15) is 0 Å². The molecule has 3 atom stereocenters. The molecule has 0 radical (unpaired) electrons. The summed E-state index contributed by atoms with van der Waals surface area (Å²) < 4.78 is 0. The Hall–Kier alpha value is -3.53. The van der Waals surface area contributed by atoms with E-state index in [-0.39, 0.29) is 6.04 Å². The second kappa shape index (κ2) is 6.52. The predicted octanol–water partition coefficient (Wildman–Crippen LogP) is 4.96. The summed E-state index contributed by atoms with van der Waals surface area (Å²) in [6.07, 6.45) is 11.0. The van der Waals surface area contributed by atoms with Gasteiger partial charge in [0, 0.05) is 47.2 Å². The van der Waals surface area contributed by atoms with E-state index < -0.39 is 0 Å². The van der Waals surface area contributed by atoms with E-state index in [1.165, 1.54) is 22.2 Å². The van der Waals surface area contributed by atoms with Crippen LogP contribution in [0, 0.1) is 0 Å². The van der Waals surface area contributed by atoms with Crippen LogP contribution >= 0.6 is 0 Å². The van der Waals surface area contributed by atoms with Crippen molar-refractivity contribution in [2.24, 2.45) is 0 Å². The fourth-order valence-electron chi connectivity index (χ4n) is 4.55. The average Bonchev–Trinajstić information content (AvgIpc) is 3.59. The molecule has 4 nitrogen and oxygen atoms in total. The molecule has 0 bridgehead atoms. The average molecular weight is 376 g/mol. The van der Waals surface area contributed by atoms with E-state index in [2.05, 4.69) is 87.8 Å². The Bertz CT molecular complexity index is 1220. The molecule has 4 heteroatoms. The summed E-state index contributed by atoms with van der Waals surface area (Å²) in [7, 11) is 0. The number of nitrogens with zero attached hydrogens (tertiary/aromatic N) is 4. The van der Waals surface area contributed by atoms with Crippen LogP contribution in [0.4, 0.5) is 0 Å². The summed E-state index contributed by atoms with van der Waals surface area (Å²) in [6.45, 7) is 0. The normalized spacial score (nSPS) is 22.5. The van der Waals surface area contributed by atoms with Crippen molar-refractivity contribution < 1.29 is 0 Å². The molecule has 2 aromatic carbocycles. The Morgan fingerprint density at radius 1 is 0.862 bits per heavy atom. The number of benzene rings is 2. The minimum Gasteiger partial charge on any atom is -0.363 e. The van der Waals surface area contributed by atoms with Gasteiger partial charge >= 0.3 is 0 Å². The molecule has 29 heavy (non-hydrogen) atoms. The van der Waals surface area contributed by atoms with Gasteiger partial charge in [-0.1, -0.05) is 48.5 Å². The number of para-hydroxylation sites is 1. The van der Waals surface area contributed by atoms with Gasteiger partial charge in [-0.05, 0) is 35.8 Å². The van der Waals surface area contributed by atoms with Crippen molar-refractivity contribution in [1.29, 1.82) is 0 Å². The molecule has 1 aliphatic carbocycles. The minimum absolute atomic E-state index is 0.132. The first-order valence-corrected chi connectivity index (χ1v) is 10.0. The third-order valence-electron chi connectivity index (χ3n) is 6.05. The van der Waals surface area contributed by atoms with Crippen molar-refractivity contribution in [3.63, 3.8) is 0 Å². The van der Waals surface area contributed by atoms with E-state index in [4.69, 9.17) is 4.98 Å². The van der Waals surface area contributed by atoms with Crippen LogP contribution in [0.3, 0.4) is 0 Å². The van der Waals surface area contributed by atoms with Crippen molar-refractivity contribution in [3.8, 4) is 0 Å². The zero-order valence-electron chi connectivity index (χ0n) is 15.9. The molecular formula is C25H20N4. The molecule has 1 aliphatic heterocycles. The molecular weight excluding hydrogens is 356 g/mol. The SMILES string of the molecule is C1=CN(C2CC2c2ccc3ccccc3n2)C(c2cncnc2)c2ccccc21. The molecule has 0 saturated heterocycles. The van der Waals surface area contributed by atoms with Crippen LogP contribution < -0.4 is 0 Å². The van der Waals surface area contributed by atoms with Crippen LogP contribution in [0.1, 0.15) is 40.8 Å². The van der Waals surface area contributed by atoms with E-state index >= 15 is 0 Å². The van der Waals surface area contributed by atoms with Gasteiger partial charge < -0.3 is 4.90 Å². The molecule has 140 valence electrons. The third-order valence-corrected chi connectivity index (χ3v) is 6.05. The topological polar surface area (TPSA) is 41.9 Å². The van der Waals surface area contributed by atoms with Crippen molar-refractivity contribution >= 4 is 17.0 Å². The van der Waals surface area contributed by atoms with Crippen molar-refractivity contribution in [2.75, 3.05) is 0 Å². The van der Waals surface area contributed by atoms with Crippen LogP contribution in [0.2, 0.25) is 0 Å². The molecule has 3 heterocycles. The van der Waals surface area contributed by atoms with Gasteiger partial charge in [-0.25, -0.2) is 9.97 Å². The molecule has 1 saturated carbocycles. The van der Waals surface area contributed by atoms with Gasteiger partial charge in [0.15, 0.2) is 0 Å². The Morgan fingerprint density at radius 3 is 2.62 bits per heavy atom. The Morgan fingerprint density at radius 2 is 1.69 bits per heavy atom. The molecule has 0 N–H and O–H groups in total. The lowest BCUT2D eigenvalue weighted by molar-refractivity contribution is 0.298. The highest BCUT2D eigenvalue weighted by Crippen LogP contribution is 2.50. The first-order chi connectivity index (χ1) is 14.4. The van der Waals surface area contributed by atoms with Crippen LogP contribution in [-0.2, 0) is 0 Å². The van der Waals surface area contributed by atoms with Gasteiger partial charge in [0.2, 0.25) is 0 Å². The number of rotatable bonds is 3. The fraction of sp³-hybridized carbons (Fsp3) is 0.160. The van der Waals surface area contributed by atoms with Crippen molar-refractivity contribution in [1.82, 2.24) is 19.9 Å². The lowest BCUT2D eigenvalue weighted by Gasteiger charge is -2.35. The lowest BCUT2D eigenvalue weighted by atomic mass is 9.92. The lowest BCUT2D eigenvalue weighted by Crippen LogP contribution is -2.30. The van der Waals surface area contributed by atoms with E-state index in [0.29, 0.717) is 12.0 Å². The molecule has 0 spiro atoms. The van der Waals surface area contributed by atoms with Crippen LogP contribution in [0.25, 0.3) is 17.0 Å². The summed E-state index contributed by atoms with van der Waals surface area (Å²) in [4.78, 5) is 16.0. The Labute approximate surface area is 169 Å². The zero-order chi connectivity index (χ0) is 19.2. The van der Waals surface area contributed by atoms with E-state index in [0.717, 1.165) is 17.5 Å². The largest absolute Gasteiger partial charge is 0.363 e. The highest BCUT2D eigenvalue weighted by Gasteiger charge is 2.46.